The van der Waals surface area contributed by atoms with Gasteiger partial charge in [0, 0.05) is 32.7 Å². The standard InChI is InChI=1S/C12H25N3/c13-3-5-15(6-4-14)9-12-8-10-1-2-11(12)7-10/h10-12H,1-9,13-14H2. The van der Waals surface area contributed by atoms with E-state index in [1.165, 1.54) is 32.2 Å². The molecule has 0 aromatic heterocycles. The summed E-state index contributed by atoms with van der Waals surface area (Å²) in [4.78, 5) is 2.46. The van der Waals surface area contributed by atoms with E-state index in [1.807, 2.05) is 0 Å². The van der Waals surface area contributed by atoms with Crippen LogP contribution in [0.5, 0.6) is 0 Å². The van der Waals surface area contributed by atoms with Gasteiger partial charge in [-0.15, -0.1) is 0 Å². The summed E-state index contributed by atoms with van der Waals surface area (Å²) in [5.74, 6) is 3.02. The Hall–Kier alpha value is -0.120. The molecule has 0 heterocycles. The van der Waals surface area contributed by atoms with Gasteiger partial charge in [0.25, 0.3) is 0 Å². The van der Waals surface area contributed by atoms with E-state index in [9.17, 15) is 0 Å². The molecule has 88 valence electrons. The number of fused-ring (bicyclic) bond motifs is 2. The number of nitrogens with zero attached hydrogens (tertiary/aromatic N) is 1. The molecular weight excluding hydrogens is 186 g/mol. The van der Waals surface area contributed by atoms with E-state index in [1.54, 1.807) is 0 Å². The van der Waals surface area contributed by atoms with E-state index in [4.69, 9.17) is 11.5 Å². The molecule has 2 aliphatic carbocycles. The zero-order chi connectivity index (χ0) is 10.7. The highest BCUT2D eigenvalue weighted by molar-refractivity contribution is 4.91. The Kier molecular flexibility index (Phi) is 4.00. The minimum atomic E-state index is 0.765. The smallest absolute Gasteiger partial charge is 0.0105 e. The molecule has 3 atom stereocenters. The van der Waals surface area contributed by atoms with Gasteiger partial charge in [-0.1, -0.05) is 6.42 Å². The summed E-state index contributed by atoms with van der Waals surface area (Å²) in [7, 11) is 0. The van der Waals surface area contributed by atoms with Crippen molar-refractivity contribution in [2.75, 3.05) is 32.7 Å². The maximum absolute atomic E-state index is 5.63. The average Bonchev–Trinajstić information content (AvgIpc) is 2.80. The van der Waals surface area contributed by atoms with Crippen molar-refractivity contribution in [2.24, 2.45) is 29.2 Å². The maximum atomic E-state index is 5.63. The predicted octanol–water partition coefficient (Wildman–Crippen LogP) is 0.642. The number of rotatable bonds is 6. The molecule has 4 N–H and O–H groups in total. The first kappa shape index (κ1) is 11.4. The second kappa shape index (κ2) is 5.28. The third-order valence-corrected chi connectivity index (χ3v) is 4.27. The van der Waals surface area contributed by atoms with E-state index in [0.29, 0.717) is 0 Å². The zero-order valence-corrected chi connectivity index (χ0v) is 9.70. The number of hydrogen-bond acceptors (Lipinski definition) is 3. The molecule has 0 radical (unpaired) electrons. The summed E-state index contributed by atoms with van der Waals surface area (Å²) in [5.41, 5.74) is 11.3. The third kappa shape index (κ3) is 2.71. The van der Waals surface area contributed by atoms with Crippen LogP contribution in [0.15, 0.2) is 0 Å². The lowest BCUT2D eigenvalue weighted by Crippen LogP contribution is -2.38. The first-order valence-corrected chi connectivity index (χ1v) is 6.46. The fourth-order valence-corrected chi connectivity index (χ4v) is 3.59. The molecule has 2 aliphatic rings. The van der Waals surface area contributed by atoms with Crippen molar-refractivity contribution in [3.8, 4) is 0 Å². The molecule has 0 aromatic rings. The van der Waals surface area contributed by atoms with Crippen molar-refractivity contribution in [3.63, 3.8) is 0 Å². The van der Waals surface area contributed by atoms with Gasteiger partial charge >= 0.3 is 0 Å². The van der Waals surface area contributed by atoms with Crippen LogP contribution < -0.4 is 11.5 Å². The van der Waals surface area contributed by atoms with E-state index < -0.39 is 0 Å². The summed E-state index contributed by atoms with van der Waals surface area (Å²) in [5, 5.41) is 0. The average molecular weight is 211 g/mol. The van der Waals surface area contributed by atoms with Crippen LogP contribution in [0, 0.1) is 17.8 Å². The van der Waals surface area contributed by atoms with Gasteiger partial charge in [-0.05, 0) is 37.0 Å². The molecule has 2 saturated carbocycles. The van der Waals surface area contributed by atoms with Crippen molar-refractivity contribution in [3.05, 3.63) is 0 Å². The van der Waals surface area contributed by atoms with Crippen LogP contribution in [0.4, 0.5) is 0 Å². The lowest BCUT2D eigenvalue weighted by atomic mass is 9.88. The summed E-state index contributed by atoms with van der Waals surface area (Å²) in [6.45, 7) is 4.81. The van der Waals surface area contributed by atoms with Crippen molar-refractivity contribution in [2.45, 2.75) is 25.7 Å². The van der Waals surface area contributed by atoms with Crippen molar-refractivity contribution < 1.29 is 0 Å². The largest absolute Gasteiger partial charge is 0.329 e. The van der Waals surface area contributed by atoms with Gasteiger partial charge in [-0.25, -0.2) is 0 Å². The highest BCUT2D eigenvalue weighted by Gasteiger charge is 2.39. The molecule has 0 aliphatic heterocycles. The SMILES string of the molecule is NCCN(CCN)CC1CC2CCC1C2. The Morgan fingerprint density at radius 3 is 2.20 bits per heavy atom. The molecule has 2 fully saturated rings. The topological polar surface area (TPSA) is 55.3 Å². The molecule has 15 heavy (non-hydrogen) atoms. The van der Waals surface area contributed by atoms with Crippen LogP contribution >= 0.6 is 0 Å². The van der Waals surface area contributed by atoms with E-state index >= 15 is 0 Å². The van der Waals surface area contributed by atoms with Crippen LogP contribution in [-0.4, -0.2) is 37.6 Å². The number of hydrogen-bond donors (Lipinski definition) is 2. The predicted molar refractivity (Wildman–Crippen MR) is 63.5 cm³/mol. The second-order valence-corrected chi connectivity index (χ2v) is 5.31. The molecule has 2 rings (SSSR count). The van der Waals surface area contributed by atoms with Crippen LogP contribution in [0.1, 0.15) is 25.7 Å². The highest BCUT2D eigenvalue weighted by Crippen LogP contribution is 2.48. The third-order valence-electron chi connectivity index (χ3n) is 4.27. The minimum Gasteiger partial charge on any atom is -0.329 e. The van der Waals surface area contributed by atoms with Gasteiger partial charge in [0.05, 0.1) is 0 Å². The van der Waals surface area contributed by atoms with Crippen molar-refractivity contribution in [1.29, 1.82) is 0 Å². The molecule has 2 bridgehead atoms. The van der Waals surface area contributed by atoms with Crippen molar-refractivity contribution in [1.82, 2.24) is 4.90 Å². The Morgan fingerprint density at radius 1 is 1.00 bits per heavy atom. The van der Waals surface area contributed by atoms with Gasteiger partial charge < -0.3 is 16.4 Å². The Morgan fingerprint density at radius 2 is 1.73 bits per heavy atom. The Balaban J connectivity index is 1.78. The van der Waals surface area contributed by atoms with Crippen LogP contribution in [0.2, 0.25) is 0 Å². The van der Waals surface area contributed by atoms with Crippen LogP contribution in [0.25, 0.3) is 0 Å². The molecular formula is C12H25N3. The summed E-state index contributed by atoms with van der Waals surface area (Å²) in [6.07, 6.45) is 5.95. The monoisotopic (exact) mass is 211 g/mol. The fraction of sp³-hybridized carbons (Fsp3) is 1.00. The minimum absolute atomic E-state index is 0.765. The molecule has 3 heteroatoms. The molecule has 3 nitrogen and oxygen atoms in total. The quantitative estimate of drug-likeness (QED) is 0.678. The Bertz CT molecular complexity index is 189. The maximum Gasteiger partial charge on any atom is 0.0105 e. The van der Waals surface area contributed by atoms with Crippen LogP contribution in [-0.2, 0) is 0 Å². The van der Waals surface area contributed by atoms with Crippen LogP contribution in [0.3, 0.4) is 0 Å². The van der Waals surface area contributed by atoms with E-state index in [0.717, 1.165) is 43.9 Å². The van der Waals surface area contributed by atoms with E-state index in [-0.39, 0.29) is 0 Å². The summed E-state index contributed by atoms with van der Waals surface area (Å²) in [6, 6.07) is 0. The van der Waals surface area contributed by atoms with Gasteiger partial charge in [-0.3, -0.25) is 0 Å². The molecule has 0 aromatic carbocycles. The summed E-state index contributed by atoms with van der Waals surface area (Å²) >= 11 is 0. The fourth-order valence-electron chi connectivity index (χ4n) is 3.59. The molecule has 0 amide bonds. The first-order valence-electron chi connectivity index (χ1n) is 6.46. The Labute approximate surface area is 93.2 Å². The van der Waals surface area contributed by atoms with Crippen molar-refractivity contribution >= 4 is 0 Å². The summed E-state index contributed by atoms with van der Waals surface area (Å²) < 4.78 is 0. The van der Waals surface area contributed by atoms with Gasteiger partial charge in [0.15, 0.2) is 0 Å². The van der Waals surface area contributed by atoms with Gasteiger partial charge in [0.1, 0.15) is 0 Å². The van der Waals surface area contributed by atoms with E-state index in [2.05, 4.69) is 4.90 Å². The lowest BCUT2D eigenvalue weighted by molar-refractivity contribution is 0.197. The lowest BCUT2D eigenvalue weighted by Gasteiger charge is -2.29. The molecule has 0 spiro atoms. The number of nitrogens with two attached hydrogens (primary N) is 2. The zero-order valence-electron chi connectivity index (χ0n) is 9.70. The van der Waals surface area contributed by atoms with Gasteiger partial charge in [0.2, 0.25) is 0 Å². The molecule has 3 unspecified atom stereocenters. The highest BCUT2D eigenvalue weighted by atomic mass is 15.1. The second-order valence-electron chi connectivity index (χ2n) is 5.31. The normalized spacial score (nSPS) is 34.2. The first-order chi connectivity index (χ1) is 7.33. The van der Waals surface area contributed by atoms with Gasteiger partial charge in [-0.2, -0.15) is 0 Å². The molecule has 0 saturated heterocycles.